The maximum absolute atomic E-state index is 14.2. The van der Waals surface area contributed by atoms with Gasteiger partial charge >= 0.3 is 0 Å². The molecule has 0 bridgehead atoms. The van der Waals surface area contributed by atoms with Crippen molar-refractivity contribution in [3.05, 3.63) is 53.2 Å². The maximum atomic E-state index is 14.2. The second-order valence-corrected chi connectivity index (χ2v) is 4.72. The van der Waals surface area contributed by atoms with E-state index in [2.05, 4.69) is 12.2 Å². The zero-order chi connectivity index (χ0) is 14.5. The van der Waals surface area contributed by atoms with Crippen molar-refractivity contribution in [1.82, 2.24) is 5.32 Å². The molecule has 0 aliphatic heterocycles. The number of hydrogen-bond acceptors (Lipinski definition) is 3. The first-order valence-electron chi connectivity index (χ1n) is 6.79. The fraction of sp³-hybridized carbons (Fsp3) is 0.375. The maximum Gasteiger partial charge on any atom is 0.132 e. The average molecular weight is 277 g/mol. The van der Waals surface area contributed by atoms with Crippen molar-refractivity contribution in [2.75, 3.05) is 13.7 Å². The van der Waals surface area contributed by atoms with Gasteiger partial charge in [0.1, 0.15) is 23.1 Å². The number of rotatable bonds is 6. The van der Waals surface area contributed by atoms with E-state index < -0.39 is 0 Å². The van der Waals surface area contributed by atoms with Crippen LogP contribution in [-0.4, -0.2) is 13.7 Å². The number of ether oxygens (including phenoxy) is 1. The number of methoxy groups -OCH3 is 1. The van der Waals surface area contributed by atoms with Crippen LogP contribution >= 0.6 is 0 Å². The molecule has 0 saturated carbocycles. The molecule has 1 N–H and O–H groups in total. The van der Waals surface area contributed by atoms with E-state index in [0.717, 1.165) is 24.5 Å². The van der Waals surface area contributed by atoms with Gasteiger partial charge in [0.15, 0.2) is 0 Å². The summed E-state index contributed by atoms with van der Waals surface area (Å²) < 4.78 is 24.9. The van der Waals surface area contributed by atoms with Crippen LogP contribution in [0, 0.1) is 12.7 Å². The Balaban J connectivity index is 2.35. The monoisotopic (exact) mass is 277 g/mol. The molecule has 2 rings (SSSR count). The molecule has 0 aliphatic carbocycles. The summed E-state index contributed by atoms with van der Waals surface area (Å²) in [4.78, 5) is 0. The molecule has 0 saturated heterocycles. The van der Waals surface area contributed by atoms with Crippen LogP contribution in [0.4, 0.5) is 4.39 Å². The van der Waals surface area contributed by atoms with Crippen molar-refractivity contribution in [3.8, 4) is 5.75 Å². The number of furan rings is 1. The minimum atomic E-state index is -0.299. The Hall–Kier alpha value is -1.81. The molecule has 4 heteroatoms. The van der Waals surface area contributed by atoms with Gasteiger partial charge in [0.05, 0.1) is 13.2 Å². The minimum absolute atomic E-state index is 0.283. The molecule has 0 radical (unpaired) electrons. The summed E-state index contributed by atoms with van der Waals surface area (Å²) in [6.07, 6.45) is 0.966. The Morgan fingerprint density at radius 2 is 2.10 bits per heavy atom. The van der Waals surface area contributed by atoms with Gasteiger partial charge in [-0.15, -0.1) is 0 Å². The SMILES string of the molecule is CCCNC(c1ccc(C)o1)c1ccc(OC)cc1F. The molecule has 2 aromatic rings. The van der Waals surface area contributed by atoms with Crippen LogP contribution < -0.4 is 10.1 Å². The highest BCUT2D eigenvalue weighted by molar-refractivity contribution is 5.34. The van der Waals surface area contributed by atoms with Crippen LogP contribution in [0.15, 0.2) is 34.7 Å². The van der Waals surface area contributed by atoms with Gasteiger partial charge in [0, 0.05) is 11.6 Å². The summed E-state index contributed by atoms with van der Waals surface area (Å²) in [5, 5.41) is 3.32. The number of hydrogen-bond donors (Lipinski definition) is 1. The van der Waals surface area contributed by atoms with E-state index in [1.165, 1.54) is 13.2 Å². The summed E-state index contributed by atoms with van der Waals surface area (Å²) in [6.45, 7) is 4.74. The largest absolute Gasteiger partial charge is 0.497 e. The lowest BCUT2D eigenvalue weighted by atomic mass is 10.0. The first-order valence-corrected chi connectivity index (χ1v) is 6.79. The lowest BCUT2D eigenvalue weighted by molar-refractivity contribution is 0.404. The van der Waals surface area contributed by atoms with Gasteiger partial charge in [0.2, 0.25) is 0 Å². The van der Waals surface area contributed by atoms with Gasteiger partial charge < -0.3 is 14.5 Å². The quantitative estimate of drug-likeness (QED) is 0.871. The van der Waals surface area contributed by atoms with Crippen molar-refractivity contribution >= 4 is 0 Å². The smallest absolute Gasteiger partial charge is 0.132 e. The third-order valence-electron chi connectivity index (χ3n) is 3.16. The fourth-order valence-corrected chi connectivity index (χ4v) is 2.13. The molecule has 1 atom stereocenters. The zero-order valence-electron chi connectivity index (χ0n) is 12.1. The molecule has 1 unspecified atom stereocenters. The summed E-state index contributed by atoms with van der Waals surface area (Å²) in [5.74, 6) is 1.75. The minimum Gasteiger partial charge on any atom is -0.497 e. The molecule has 1 heterocycles. The topological polar surface area (TPSA) is 34.4 Å². The predicted octanol–water partition coefficient (Wildman–Crippen LogP) is 3.82. The van der Waals surface area contributed by atoms with Crippen LogP contribution in [0.5, 0.6) is 5.75 Å². The van der Waals surface area contributed by atoms with Crippen molar-refractivity contribution in [3.63, 3.8) is 0 Å². The molecule has 1 aromatic carbocycles. The summed E-state index contributed by atoms with van der Waals surface area (Å²) in [7, 11) is 1.52. The van der Waals surface area contributed by atoms with Gasteiger partial charge in [-0.3, -0.25) is 0 Å². The molecule has 3 nitrogen and oxygen atoms in total. The summed E-state index contributed by atoms with van der Waals surface area (Å²) in [5.41, 5.74) is 0.564. The molecule has 0 fully saturated rings. The van der Waals surface area contributed by atoms with E-state index in [9.17, 15) is 4.39 Å². The lowest BCUT2D eigenvalue weighted by Gasteiger charge is -2.18. The van der Waals surface area contributed by atoms with Gasteiger partial charge in [-0.05, 0) is 38.1 Å². The molecule has 0 amide bonds. The molecular weight excluding hydrogens is 257 g/mol. The van der Waals surface area contributed by atoms with E-state index in [4.69, 9.17) is 9.15 Å². The van der Waals surface area contributed by atoms with Gasteiger partial charge in [0.25, 0.3) is 0 Å². The molecule has 0 aliphatic rings. The lowest BCUT2D eigenvalue weighted by Crippen LogP contribution is -2.23. The fourth-order valence-electron chi connectivity index (χ4n) is 2.13. The molecule has 20 heavy (non-hydrogen) atoms. The standard InChI is InChI=1S/C16H20FNO2/c1-4-9-18-16(15-8-5-11(2)20-15)13-7-6-12(19-3)10-14(13)17/h5-8,10,16,18H,4,9H2,1-3H3. The predicted molar refractivity (Wildman–Crippen MR) is 76.5 cm³/mol. The Labute approximate surface area is 118 Å². The van der Waals surface area contributed by atoms with Crippen LogP contribution in [0.1, 0.15) is 36.5 Å². The van der Waals surface area contributed by atoms with Crippen molar-refractivity contribution in [1.29, 1.82) is 0 Å². The second kappa shape index (κ2) is 6.57. The second-order valence-electron chi connectivity index (χ2n) is 4.72. The van der Waals surface area contributed by atoms with Gasteiger partial charge in [-0.1, -0.05) is 13.0 Å². The van der Waals surface area contributed by atoms with E-state index in [-0.39, 0.29) is 11.9 Å². The highest BCUT2D eigenvalue weighted by atomic mass is 19.1. The molecule has 108 valence electrons. The van der Waals surface area contributed by atoms with Crippen LogP contribution in [0.3, 0.4) is 0 Å². The Morgan fingerprint density at radius 1 is 1.30 bits per heavy atom. The number of halogens is 1. The van der Waals surface area contributed by atoms with E-state index in [1.54, 1.807) is 12.1 Å². The average Bonchev–Trinajstić information content (AvgIpc) is 2.87. The Kier molecular flexibility index (Phi) is 4.79. The van der Waals surface area contributed by atoms with Crippen molar-refractivity contribution in [2.24, 2.45) is 0 Å². The first kappa shape index (κ1) is 14.6. The van der Waals surface area contributed by atoms with E-state index in [0.29, 0.717) is 11.3 Å². The van der Waals surface area contributed by atoms with Crippen LogP contribution in [-0.2, 0) is 0 Å². The third kappa shape index (κ3) is 3.20. The van der Waals surface area contributed by atoms with Crippen LogP contribution in [0.25, 0.3) is 0 Å². The summed E-state index contributed by atoms with van der Waals surface area (Å²) >= 11 is 0. The molecule has 1 aromatic heterocycles. The van der Waals surface area contributed by atoms with Crippen molar-refractivity contribution in [2.45, 2.75) is 26.3 Å². The van der Waals surface area contributed by atoms with Crippen molar-refractivity contribution < 1.29 is 13.5 Å². The van der Waals surface area contributed by atoms with Gasteiger partial charge in [-0.25, -0.2) is 4.39 Å². The zero-order valence-corrected chi connectivity index (χ0v) is 12.1. The third-order valence-corrected chi connectivity index (χ3v) is 3.16. The normalized spacial score (nSPS) is 12.4. The number of nitrogens with one attached hydrogen (secondary N) is 1. The molecule has 0 spiro atoms. The Morgan fingerprint density at radius 3 is 2.65 bits per heavy atom. The highest BCUT2D eigenvalue weighted by Gasteiger charge is 2.20. The summed E-state index contributed by atoms with van der Waals surface area (Å²) in [6, 6.07) is 8.37. The number of aryl methyl sites for hydroxylation is 1. The molecular formula is C16H20FNO2. The number of benzene rings is 1. The van der Waals surface area contributed by atoms with E-state index >= 15 is 0 Å². The first-order chi connectivity index (χ1) is 9.65. The Bertz CT molecular complexity index is 565. The van der Waals surface area contributed by atoms with E-state index in [1.807, 2.05) is 19.1 Å². The van der Waals surface area contributed by atoms with Crippen LogP contribution in [0.2, 0.25) is 0 Å². The highest BCUT2D eigenvalue weighted by Crippen LogP contribution is 2.28. The van der Waals surface area contributed by atoms with Gasteiger partial charge in [-0.2, -0.15) is 0 Å².